The quantitative estimate of drug-likeness (QED) is 0.292. The minimum atomic E-state index is -3.28. The van der Waals surface area contributed by atoms with Crippen molar-refractivity contribution >= 4 is 32.9 Å². The summed E-state index contributed by atoms with van der Waals surface area (Å²) in [5.41, 5.74) is 5.76. The maximum Gasteiger partial charge on any atom is 0.247 e. The van der Waals surface area contributed by atoms with Crippen LogP contribution in [0.5, 0.6) is 0 Å². The van der Waals surface area contributed by atoms with E-state index in [1.165, 1.54) is 18.4 Å². The molecule has 0 atom stereocenters. The van der Waals surface area contributed by atoms with Crippen molar-refractivity contribution in [3.05, 3.63) is 108 Å². The van der Waals surface area contributed by atoms with Crippen LogP contribution in [0.4, 0.5) is 16.0 Å². The minimum absolute atomic E-state index is 0.0645. The van der Waals surface area contributed by atoms with Crippen molar-refractivity contribution in [1.82, 2.24) is 14.6 Å². The first-order valence-electron chi connectivity index (χ1n) is 11.9. The molecule has 38 heavy (non-hydrogen) atoms. The van der Waals surface area contributed by atoms with Crippen LogP contribution in [0.2, 0.25) is 0 Å². The highest BCUT2D eigenvalue weighted by Gasteiger charge is 2.12. The monoisotopic (exact) mass is 528 g/mol. The third kappa shape index (κ3) is 5.78. The van der Waals surface area contributed by atoms with Crippen LogP contribution in [0.1, 0.15) is 16.7 Å². The van der Waals surface area contributed by atoms with Gasteiger partial charge in [-0.05, 0) is 71.6 Å². The molecule has 5 aromatic rings. The van der Waals surface area contributed by atoms with Crippen LogP contribution < -0.4 is 5.32 Å². The molecule has 0 saturated carbocycles. The highest BCUT2D eigenvalue weighted by molar-refractivity contribution is 7.90. The molecule has 3 aromatic carbocycles. The van der Waals surface area contributed by atoms with Crippen LogP contribution in [-0.2, 0) is 27.5 Å². The van der Waals surface area contributed by atoms with Gasteiger partial charge in [-0.25, -0.2) is 17.3 Å². The Morgan fingerprint density at radius 3 is 2.16 bits per heavy atom. The zero-order valence-electron chi connectivity index (χ0n) is 20.8. The number of benzene rings is 3. The maximum absolute atomic E-state index is 13.1. The van der Waals surface area contributed by atoms with E-state index in [1.807, 2.05) is 49.5 Å². The zero-order valence-corrected chi connectivity index (χ0v) is 21.7. The predicted octanol–water partition coefficient (Wildman–Crippen LogP) is 5.35. The van der Waals surface area contributed by atoms with Gasteiger partial charge in [0.2, 0.25) is 5.95 Å². The Morgan fingerprint density at radius 1 is 0.895 bits per heavy atom. The van der Waals surface area contributed by atoms with Crippen molar-refractivity contribution in [2.45, 2.75) is 24.7 Å². The molecule has 0 aliphatic heterocycles. The number of ketones is 1. The molecule has 2 heterocycles. The number of pyridine rings is 1. The number of carbonyl (C=O) groups is 1. The summed E-state index contributed by atoms with van der Waals surface area (Å²) in [5, 5.41) is 7.67. The predicted molar refractivity (Wildman–Crippen MR) is 145 cm³/mol. The van der Waals surface area contributed by atoms with Gasteiger partial charge in [0.05, 0.1) is 4.90 Å². The van der Waals surface area contributed by atoms with Crippen molar-refractivity contribution in [2.24, 2.45) is 0 Å². The molecule has 9 heteroatoms. The number of nitrogens with one attached hydrogen (secondary N) is 1. The minimum Gasteiger partial charge on any atom is -0.323 e. The summed E-state index contributed by atoms with van der Waals surface area (Å²) >= 11 is 0. The second-order valence-corrected chi connectivity index (χ2v) is 11.3. The number of rotatable bonds is 8. The summed E-state index contributed by atoms with van der Waals surface area (Å²) in [4.78, 5) is 17.2. The molecule has 0 spiro atoms. The van der Waals surface area contributed by atoms with Gasteiger partial charge in [0, 0.05) is 36.5 Å². The number of anilines is 2. The van der Waals surface area contributed by atoms with E-state index in [0.717, 1.165) is 33.5 Å². The molecule has 0 aliphatic carbocycles. The molecular weight excluding hydrogens is 503 g/mol. The molecule has 0 aliphatic rings. The summed E-state index contributed by atoms with van der Waals surface area (Å²) in [6.07, 6.45) is 3.63. The van der Waals surface area contributed by atoms with Crippen LogP contribution in [0.25, 0.3) is 16.8 Å². The van der Waals surface area contributed by atoms with Gasteiger partial charge >= 0.3 is 0 Å². The second-order valence-electron chi connectivity index (χ2n) is 9.25. The molecule has 0 saturated heterocycles. The molecule has 0 unspecified atom stereocenters. The first kappa shape index (κ1) is 25.3. The van der Waals surface area contributed by atoms with Gasteiger partial charge in [0.25, 0.3) is 0 Å². The molecule has 1 N–H and O–H groups in total. The Morgan fingerprint density at radius 2 is 1.53 bits per heavy atom. The largest absolute Gasteiger partial charge is 0.323 e. The molecular formula is C29H25FN4O3S. The summed E-state index contributed by atoms with van der Waals surface area (Å²) < 4.78 is 38.3. The number of hydrogen-bond donors (Lipinski definition) is 1. The highest BCUT2D eigenvalue weighted by Crippen LogP contribution is 2.24. The Labute approximate surface area is 219 Å². The molecule has 0 fully saturated rings. The van der Waals surface area contributed by atoms with Crippen molar-refractivity contribution in [3.63, 3.8) is 0 Å². The van der Waals surface area contributed by atoms with Crippen LogP contribution in [-0.4, -0.2) is 35.1 Å². The van der Waals surface area contributed by atoms with Crippen molar-refractivity contribution < 1.29 is 17.6 Å². The number of fused-ring (bicyclic) bond motifs is 1. The van der Waals surface area contributed by atoms with Gasteiger partial charge in [-0.15, -0.1) is 5.10 Å². The lowest BCUT2D eigenvalue weighted by Crippen LogP contribution is -2.06. The normalized spacial score (nSPS) is 11.6. The van der Waals surface area contributed by atoms with Crippen LogP contribution in [0, 0.1) is 12.7 Å². The van der Waals surface area contributed by atoms with Gasteiger partial charge < -0.3 is 5.32 Å². The van der Waals surface area contributed by atoms with Gasteiger partial charge in [0.15, 0.2) is 15.5 Å². The number of aromatic nitrogens is 3. The van der Waals surface area contributed by atoms with Crippen LogP contribution in [0.3, 0.4) is 0 Å². The maximum atomic E-state index is 13.1. The smallest absolute Gasteiger partial charge is 0.247 e. The van der Waals surface area contributed by atoms with Gasteiger partial charge in [-0.2, -0.15) is 4.98 Å². The standard InChI is InChI=1S/C29H25FN4O3S/c1-19-15-26(38(2,36)37)12-13-27(19)31-29-32-28-14-9-23(18-34(28)33-29)22-7-3-20(4-8-22)16-25(35)17-21-5-10-24(30)11-6-21/h3-15,18H,16-17H2,1-2H3,(H,31,33). The number of aryl methyl sites for hydroxylation is 1. The number of carbonyl (C=O) groups excluding carboxylic acids is 1. The van der Waals surface area contributed by atoms with Crippen molar-refractivity contribution in [1.29, 1.82) is 0 Å². The summed E-state index contributed by atoms with van der Waals surface area (Å²) in [5.74, 6) is 0.145. The van der Waals surface area contributed by atoms with E-state index >= 15 is 0 Å². The first-order valence-corrected chi connectivity index (χ1v) is 13.8. The molecule has 192 valence electrons. The third-order valence-electron chi connectivity index (χ3n) is 6.21. The average Bonchev–Trinajstić information content (AvgIpc) is 3.28. The molecule has 0 amide bonds. The topological polar surface area (TPSA) is 93.4 Å². The summed E-state index contributed by atoms with van der Waals surface area (Å²) in [7, 11) is -3.28. The van der Waals surface area contributed by atoms with E-state index < -0.39 is 9.84 Å². The fraction of sp³-hybridized carbons (Fsp3) is 0.138. The van der Waals surface area contributed by atoms with Gasteiger partial charge in [-0.3, -0.25) is 4.79 Å². The number of nitrogens with zero attached hydrogens (tertiary/aromatic N) is 3. The SMILES string of the molecule is Cc1cc(S(C)(=O)=O)ccc1Nc1nc2ccc(-c3ccc(CC(=O)Cc4ccc(F)cc4)cc3)cn2n1. The highest BCUT2D eigenvalue weighted by atomic mass is 32.2. The van der Waals surface area contributed by atoms with E-state index in [-0.39, 0.29) is 22.9 Å². The Bertz CT molecular complexity index is 1750. The number of Topliss-reactive ketones (excluding diaryl/α,β-unsaturated/α-hetero) is 1. The second kappa shape index (κ2) is 10.2. The van der Waals surface area contributed by atoms with E-state index in [0.29, 0.717) is 18.0 Å². The first-order chi connectivity index (χ1) is 18.1. The molecule has 7 nitrogen and oxygen atoms in total. The molecule has 2 aromatic heterocycles. The fourth-order valence-corrected chi connectivity index (χ4v) is 4.88. The van der Waals surface area contributed by atoms with Crippen molar-refractivity contribution in [2.75, 3.05) is 11.6 Å². The van der Waals surface area contributed by atoms with Crippen LogP contribution >= 0.6 is 0 Å². The van der Waals surface area contributed by atoms with Crippen LogP contribution in [0.15, 0.2) is 90.0 Å². The molecule has 5 rings (SSSR count). The number of halogens is 1. The Balaban J connectivity index is 1.28. The number of hydrogen-bond acceptors (Lipinski definition) is 6. The Hall–Kier alpha value is -4.37. The zero-order chi connectivity index (χ0) is 26.9. The van der Waals surface area contributed by atoms with E-state index in [2.05, 4.69) is 15.4 Å². The summed E-state index contributed by atoms with van der Waals surface area (Å²) in [6.45, 7) is 1.82. The van der Waals surface area contributed by atoms with Gasteiger partial charge in [0.1, 0.15) is 11.6 Å². The van der Waals surface area contributed by atoms with E-state index in [1.54, 1.807) is 34.8 Å². The van der Waals surface area contributed by atoms with E-state index in [9.17, 15) is 17.6 Å². The lowest BCUT2D eigenvalue weighted by atomic mass is 10.0. The average molecular weight is 529 g/mol. The Kier molecular flexibility index (Phi) is 6.77. The molecule has 0 bridgehead atoms. The lowest BCUT2D eigenvalue weighted by Gasteiger charge is -2.07. The summed E-state index contributed by atoms with van der Waals surface area (Å²) in [6, 6.07) is 22.5. The third-order valence-corrected chi connectivity index (χ3v) is 7.32. The van der Waals surface area contributed by atoms with E-state index in [4.69, 9.17) is 0 Å². The fourth-order valence-electron chi connectivity index (χ4n) is 4.17. The van der Waals surface area contributed by atoms with Crippen molar-refractivity contribution in [3.8, 4) is 11.1 Å². The lowest BCUT2D eigenvalue weighted by molar-refractivity contribution is -0.117. The number of sulfone groups is 1. The van der Waals surface area contributed by atoms with Gasteiger partial charge in [-0.1, -0.05) is 36.4 Å². The molecule has 0 radical (unpaired) electrons.